The number of hydrogen-bond acceptors (Lipinski definition) is 3. The van der Waals surface area contributed by atoms with Gasteiger partial charge in [-0.1, -0.05) is 13.8 Å². The van der Waals surface area contributed by atoms with Crippen LogP contribution in [0, 0.1) is 0 Å². The fourth-order valence-corrected chi connectivity index (χ4v) is 1.71. The van der Waals surface area contributed by atoms with Crippen molar-refractivity contribution < 1.29 is 0 Å². The second-order valence-corrected chi connectivity index (χ2v) is 3.94. The highest BCUT2D eigenvalue weighted by molar-refractivity contribution is 7.09. The maximum Gasteiger partial charge on any atom is 0.0954 e. The van der Waals surface area contributed by atoms with Gasteiger partial charge in [0.25, 0.3) is 0 Å². The maximum absolute atomic E-state index is 5.67. The van der Waals surface area contributed by atoms with Gasteiger partial charge in [-0.3, -0.25) is 0 Å². The molecule has 1 aromatic heterocycles. The summed E-state index contributed by atoms with van der Waals surface area (Å²) in [4.78, 5) is 4.40. The Kier molecular flexibility index (Phi) is 2.62. The average molecular weight is 170 g/mol. The summed E-state index contributed by atoms with van der Waals surface area (Å²) in [7, 11) is 0. The van der Waals surface area contributed by atoms with Crippen molar-refractivity contribution >= 4 is 11.3 Å². The SMILES string of the molecule is CC(C)c1nc(C(C)N)cs1. The van der Waals surface area contributed by atoms with E-state index in [1.807, 2.05) is 12.3 Å². The minimum absolute atomic E-state index is 0.0683. The van der Waals surface area contributed by atoms with Crippen LogP contribution in [-0.2, 0) is 0 Å². The molecule has 62 valence electrons. The molecule has 1 rings (SSSR count). The summed E-state index contributed by atoms with van der Waals surface area (Å²) in [6.45, 7) is 6.24. The monoisotopic (exact) mass is 170 g/mol. The third-order valence-electron chi connectivity index (χ3n) is 1.50. The molecule has 0 spiro atoms. The molecule has 0 saturated heterocycles. The first-order chi connectivity index (χ1) is 5.11. The molecule has 1 atom stereocenters. The number of nitrogens with two attached hydrogens (primary N) is 1. The lowest BCUT2D eigenvalue weighted by Crippen LogP contribution is -2.05. The third-order valence-corrected chi connectivity index (χ3v) is 2.66. The minimum Gasteiger partial charge on any atom is -0.323 e. The summed E-state index contributed by atoms with van der Waals surface area (Å²) in [6.07, 6.45) is 0. The predicted molar refractivity (Wildman–Crippen MR) is 48.8 cm³/mol. The highest BCUT2D eigenvalue weighted by atomic mass is 32.1. The van der Waals surface area contributed by atoms with Gasteiger partial charge in [-0.05, 0) is 6.92 Å². The highest BCUT2D eigenvalue weighted by Gasteiger charge is 2.07. The fourth-order valence-electron chi connectivity index (χ4n) is 0.775. The van der Waals surface area contributed by atoms with E-state index in [4.69, 9.17) is 5.73 Å². The number of nitrogens with zero attached hydrogens (tertiary/aromatic N) is 1. The van der Waals surface area contributed by atoms with E-state index < -0.39 is 0 Å². The average Bonchev–Trinajstić information content (AvgIpc) is 2.33. The van der Waals surface area contributed by atoms with Crippen LogP contribution in [-0.4, -0.2) is 4.98 Å². The Morgan fingerprint density at radius 3 is 2.36 bits per heavy atom. The Morgan fingerprint density at radius 1 is 1.45 bits per heavy atom. The Labute approximate surface area is 71.5 Å². The molecule has 2 N–H and O–H groups in total. The van der Waals surface area contributed by atoms with E-state index in [1.165, 1.54) is 5.01 Å². The molecule has 0 bridgehead atoms. The van der Waals surface area contributed by atoms with Crippen molar-refractivity contribution in [2.45, 2.75) is 32.7 Å². The summed E-state index contributed by atoms with van der Waals surface area (Å²) >= 11 is 1.69. The van der Waals surface area contributed by atoms with Crippen molar-refractivity contribution in [3.63, 3.8) is 0 Å². The lowest BCUT2D eigenvalue weighted by Gasteiger charge is -1.99. The molecule has 1 aromatic rings. The molecule has 2 nitrogen and oxygen atoms in total. The zero-order valence-corrected chi connectivity index (χ0v) is 7.98. The van der Waals surface area contributed by atoms with Gasteiger partial charge in [-0.15, -0.1) is 11.3 Å². The molecule has 0 aliphatic heterocycles. The maximum atomic E-state index is 5.67. The van der Waals surface area contributed by atoms with E-state index in [9.17, 15) is 0 Å². The van der Waals surface area contributed by atoms with Crippen molar-refractivity contribution in [2.24, 2.45) is 5.73 Å². The van der Waals surface area contributed by atoms with Crippen LogP contribution in [0.25, 0.3) is 0 Å². The van der Waals surface area contributed by atoms with Crippen molar-refractivity contribution in [3.8, 4) is 0 Å². The molecule has 0 aromatic carbocycles. The standard InChI is InChI=1S/C8H14N2S/c1-5(2)8-10-7(4-11-8)6(3)9/h4-6H,9H2,1-3H3. The van der Waals surface area contributed by atoms with Crippen molar-refractivity contribution in [2.75, 3.05) is 0 Å². The second kappa shape index (κ2) is 3.32. The Hall–Kier alpha value is -0.410. The van der Waals surface area contributed by atoms with E-state index >= 15 is 0 Å². The van der Waals surface area contributed by atoms with Crippen LogP contribution in [0.15, 0.2) is 5.38 Å². The van der Waals surface area contributed by atoms with Crippen LogP contribution < -0.4 is 5.73 Å². The Bertz CT molecular complexity index is 205. The van der Waals surface area contributed by atoms with Crippen molar-refractivity contribution in [3.05, 3.63) is 16.1 Å². The zero-order valence-electron chi connectivity index (χ0n) is 7.16. The molecule has 0 fully saturated rings. The molecular weight excluding hydrogens is 156 g/mol. The topological polar surface area (TPSA) is 38.9 Å². The minimum atomic E-state index is 0.0683. The molecule has 0 radical (unpaired) electrons. The normalized spacial score (nSPS) is 13.9. The van der Waals surface area contributed by atoms with Gasteiger partial charge in [0, 0.05) is 17.3 Å². The molecule has 0 saturated carbocycles. The van der Waals surface area contributed by atoms with Gasteiger partial charge in [-0.25, -0.2) is 4.98 Å². The van der Waals surface area contributed by atoms with E-state index in [0.717, 1.165) is 5.69 Å². The summed E-state index contributed by atoms with van der Waals surface area (Å²) in [5.74, 6) is 0.521. The Balaban J connectivity index is 2.82. The molecule has 0 aliphatic carbocycles. The zero-order chi connectivity index (χ0) is 8.43. The number of hydrogen-bond donors (Lipinski definition) is 1. The van der Waals surface area contributed by atoms with Gasteiger partial charge in [0.1, 0.15) is 0 Å². The fraction of sp³-hybridized carbons (Fsp3) is 0.625. The summed E-state index contributed by atoms with van der Waals surface area (Å²) in [5, 5.41) is 3.22. The van der Waals surface area contributed by atoms with Gasteiger partial charge >= 0.3 is 0 Å². The Morgan fingerprint density at radius 2 is 2.09 bits per heavy atom. The molecular formula is C8H14N2S. The lowest BCUT2D eigenvalue weighted by molar-refractivity contribution is 0.765. The molecule has 0 amide bonds. The molecule has 1 unspecified atom stereocenters. The summed E-state index contributed by atoms with van der Waals surface area (Å²) in [6, 6.07) is 0.0683. The molecule has 1 heterocycles. The van der Waals surface area contributed by atoms with Crippen LogP contribution in [0.4, 0.5) is 0 Å². The third kappa shape index (κ3) is 2.01. The summed E-state index contributed by atoms with van der Waals surface area (Å²) < 4.78 is 0. The van der Waals surface area contributed by atoms with Gasteiger partial charge < -0.3 is 5.73 Å². The smallest absolute Gasteiger partial charge is 0.0954 e. The number of aromatic nitrogens is 1. The van der Waals surface area contributed by atoms with Gasteiger partial charge in [0.05, 0.1) is 10.7 Å². The van der Waals surface area contributed by atoms with Crippen LogP contribution in [0.2, 0.25) is 0 Å². The van der Waals surface area contributed by atoms with Gasteiger partial charge in [0.15, 0.2) is 0 Å². The lowest BCUT2D eigenvalue weighted by atomic mass is 10.2. The number of thiazole rings is 1. The van der Waals surface area contributed by atoms with Crippen LogP contribution in [0.1, 0.15) is 43.4 Å². The van der Waals surface area contributed by atoms with Crippen LogP contribution >= 0.6 is 11.3 Å². The van der Waals surface area contributed by atoms with E-state index in [1.54, 1.807) is 11.3 Å². The van der Waals surface area contributed by atoms with Gasteiger partial charge in [0.2, 0.25) is 0 Å². The quantitative estimate of drug-likeness (QED) is 0.739. The largest absolute Gasteiger partial charge is 0.323 e. The first-order valence-corrected chi connectivity index (χ1v) is 4.70. The first-order valence-electron chi connectivity index (χ1n) is 3.82. The highest BCUT2D eigenvalue weighted by Crippen LogP contribution is 2.21. The van der Waals surface area contributed by atoms with E-state index in [2.05, 4.69) is 18.8 Å². The predicted octanol–water partition coefficient (Wildman–Crippen LogP) is 2.29. The van der Waals surface area contributed by atoms with Crippen molar-refractivity contribution in [1.82, 2.24) is 4.98 Å². The van der Waals surface area contributed by atoms with Gasteiger partial charge in [-0.2, -0.15) is 0 Å². The molecule has 11 heavy (non-hydrogen) atoms. The second-order valence-electron chi connectivity index (χ2n) is 3.05. The van der Waals surface area contributed by atoms with E-state index in [-0.39, 0.29) is 6.04 Å². The number of rotatable bonds is 2. The molecule has 3 heteroatoms. The van der Waals surface area contributed by atoms with Crippen molar-refractivity contribution in [1.29, 1.82) is 0 Å². The molecule has 0 aliphatic rings. The summed E-state index contributed by atoms with van der Waals surface area (Å²) in [5.41, 5.74) is 6.68. The first kappa shape index (κ1) is 8.68. The van der Waals surface area contributed by atoms with E-state index in [0.29, 0.717) is 5.92 Å². The van der Waals surface area contributed by atoms with Crippen LogP contribution in [0.5, 0.6) is 0 Å². The van der Waals surface area contributed by atoms with Crippen LogP contribution in [0.3, 0.4) is 0 Å².